The zero-order chi connectivity index (χ0) is 12.2. The summed E-state index contributed by atoms with van der Waals surface area (Å²) in [5, 5.41) is 0. The molecule has 4 nitrogen and oxygen atoms in total. The highest BCUT2D eigenvalue weighted by Crippen LogP contribution is 2.25. The predicted molar refractivity (Wildman–Crippen MR) is 64.1 cm³/mol. The summed E-state index contributed by atoms with van der Waals surface area (Å²) in [7, 11) is 0. The van der Waals surface area contributed by atoms with E-state index in [2.05, 4.69) is 6.92 Å². The maximum Gasteiger partial charge on any atom is 0.230 e. The van der Waals surface area contributed by atoms with Crippen LogP contribution in [0.15, 0.2) is 0 Å². The van der Waals surface area contributed by atoms with E-state index in [4.69, 9.17) is 10.5 Å². The molecule has 0 saturated carbocycles. The molecular weight excluding hydrogens is 204 g/mol. The number of carbonyl (C=O) groups is 1. The number of nitrogens with two attached hydrogens (primary N) is 1. The lowest BCUT2D eigenvalue weighted by Crippen LogP contribution is -2.54. The van der Waals surface area contributed by atoms with Gasteiger partial charge in [-0.05, 0) is 19.8 Å². The highest BCUT2D eigenvalue weighted by Gasteiger charge is 2.37. The number of ether oxygens (including phenoxy) is 1. The average Bonchev–Trinajstić information content (AvgIpc) is 2.36. The molecular formula is C12H24N2O2. The first-order chi connectivity index (χ1) is 7.59. The van der Waals surface area contributed by atoms with E-state index in [0.29, 0.717) is 26.3 Å². The van der Waals surface area contributed by atoms with E-state index < -0.39 is 5.41 Å². The number of rotatable bonds is 4. The van der Waals surface area contributed by atoms with Gasteiger partial charge >= 0.3 is 0 Å². The van der Waals surface area contributed by atoms with Crippen LogP contribution < -0.4 is 5.73 Å². The molecule has 1 aliphatic heterocycles. The molecule has 16 heavy (non-hydrogen) atoms. The van der Waals surface area contributed by atoms with Crippen molar-refractivity contribution in [2.45, 2.75) is 39.7 Å². The smallest absolute Gasteiger partial charge is 0.230 e. The van der Waals surface area contributed by atoms with Crippen LogP contribution in [0.1, 0.15) is 33.6 Å². The summed E-state index contributed by atoms with van der Waals surface area (Å²) in [6.07, 6.45) is 1.73. The largest absolute Gasteiger partial charge is 0.377 e. The molecule has 0 aromatic rings. The van der Waals surface area contributed by atoms with Gasteiger partial charge in [-0.1, -0.05) is 13.8 Å². The summed E-state index contributed by atoms with van der Waals surface area (Å²) in [6.45, 7) is 8.48. The Kier molecular flexibility index (Phi) is 4.74. The van der Waals surface area contributed by atoms with E-state index in [1.165, 1.54) is 0 Å². The molecule has 2 unspecified atom stereocenters. The Balaban J connectivity index is 2.77. The molecule has 2 N–H and O–H groups in total. The third-order valence-electron chi connectivity index (χ3n) is 3.71. The van der Waals surface area contributed by atoms with E-state index in [0.717, 1.165) is 12.8 Å². The van der Waals surface area contributed by atoms with Crippen LogP contribution in [0, 0.1) is 5.41 Å². The van der Waals surface area contributed by atoms with Crippen molar-refractivity contribution in [1.29, 1.82) is 0 Å². The number of nitrogens with zero attached hydrogens (tertiary/aromatic N) is 1. The molecule has 1 aliphatic rings. The fourth-order valence-corrected chi connectivity index (χ4v) is 1.99. The molecule has 0 aromatic heterocycles. The van der Waals surface area contributed by atoms with Crippen molar-refractivity contribution >= 4 is 5.91 Å². The van der Waals surface area contributed by atoms with Crippen LogP contribution in [-0.4, -0.2) is 43.2 Å². The first-order valence-corrected chi connectivity index (χ1v) is 6.18. The van der Waals surface area contributed by atoms with Crippen LogP contribution in [0.5, 0.6) is 0 Å². The van der Waals surface area contributed by atoms with Gasteiger partial charge in [0.15, 0.2) is 0 Å². The van der Waals surface area contributed by atoms with E-state index in [1.54, 1.807) is 0 Å². The molecule has 4 heteroatoms. The van der Waals surface area contributed by atoms with Crippen molar-refractivity contribution < 1.29 is 9.53 Å². The van der Waals surface area contributed by atoms with Crippen LogP contribution in [0.4, 0.5) is 0 Å². The van der Waals surface area contributed by atoms with E-state index >= 15 is 0 Å². The lowest BCUT2D eigenvalue weighted by atomic mass is 9.85. The Morgan fingerprint density at radius 2 is 2.25 bits per heavy atom. The van der Waals surface area contributed by atoms with Gasteiger partial charge in [-0.2, -0.15) is 0 Å². The summed E-state index contributed by atoms with van der Waals surface area (Å²) >= 11 is 0. The maximum absolute atomic E-state index is 12.4. The summed E-state index contributed by atoms with van der Waals surface area (Å²) in [4.78, 5) is 14.4. The fraction of sp³-hybridized carbons (Fsp3) is 0.917. The number of amides is 1. The van der Waals surface area contributed by atoms with Crippen LogP contribution >= 0.6 is 0 Å². The summed E-state index contributed by atoms with van der Waals surface area (Å²) in [5.74, 6) is 0.188. The highest BCUT2D eigenvalue weighted by molar-refractivity contribution is 5.83. The zero-order valence-corrected chi connectivity index (χ0v) is 10.7. The summed E-state index contributed by atoms with van der Waals surface area (Å²) < 4.78 is 5.41. The van der Waals surface area contributed by atoms with Crippen LogP contribution in [-0.2, 0) is 9.53 Å². The van der Waals surface area contributed by atoms with Crippen LogP contribution in [0.2, 0.25) is 0 Å². The first kappa shape index (κ1) is 13.5. The summed E-state index contributed by atoms with van der Waals surface area (Å²) in [5.41, 5.74) is 5.32. The molecule has 1 amide bonds. The molecule has 2 atom stereocenters. The molecule has 0 aliphatic carbocycles. The number of hydrogen-bond donors (Lipinski definition) is 1. The minimum absolute atomic E-state index is 0.188. The molecule has 0 bridgehead atoms. The second-order valence-electron chi connectivity index (χ2n) is 4.75. The Morgan fingerprint density at radius 1 is 1.56 bits per heavy atom. The minimum atomic E-state index is -0.412. The molecule has 0 spiro atoms. The zero-order valence-electron chi connectivity index (χ0n) is 10.7. The number of morpholine rings is 1. The van der Waals surface area contributed by atoms with Crippen LogP contribution in [0.25, 0.3) is 0 Å². The normalized spacial score (nSPS) is 25.2. The third-order valence-corrected chi connectivity index (χ3v) is 3.71. The van der Waals surface area contributed by atoms with Crippen molar-refractivity contribution in [3.63, 3.8) is 0 Å². The Bertz CT molecular complexity index is 239. The van der Waals surface area contributed by atoms with Gasteiger partial charge in [-0.25, -0.2) is 0 Å². The molecule has 1 fully saturated rings. The van der Waals surface area contributed by atoms with Crippen molar-refractivity contribution in [2.75, 3.05) is 26.3 Å². The maximum atomic E-state index is 12.4. The van der Waals surface area contributed by atoms with Crippen molar-refractivity contribution in [1.82, 2.24) is 4.90 Å². The molecule has 94 valence electrons. The third kappa shape index (κ3) is 2.55. The Hall–Kier alpha value is -0.610. The molecule has 1 rings (SSSR count). The standard InChI is InChI=1S/C12H24N2O2/c1-4-10-8-16-7-6-14(10)11(15)12(3,5-2)9-13/h10H,4-9,13H2,1-3H3. The quantitative estimate of drug-likeness (QED) is 0.781. The second-order valence-corrected chi connectivity index (χ2v) is 4.75. The van der Waals surface area contributed by atoms with Crippen LogP contribution in [0.3, 0.4) is 0 Å². The monoisotopic (exact) mass is 228 g/mol. The molecule has 1 heterocycles. The molecule has 1 saturated heterocycles. The lowest BCUT2D eigenvalue weighted by Gasteiger charge is -2.40. The van der Waals surface area contributed by atoms with Crippen molar-refractivity contribution in [3.05, 3.63) is 0 Å². The molecule has 0 radical (unpaired) electrons. The van der Waals surface area contributed by atoms with E-state index in [1.807, 2.05) is 18.7 Å². The van der Waals surface area contributed by atoms with Gasteiger partial charge in [0, 0.05) is 13.1 Å². The Labute approximate surface area is 98.1 Å². The van der Waals surface area contributed by atoms with E-state index in [-0.39, 0.29) is 11.9 Å². The number of carbonyl (C=O) groups excluding carboxylic acids is 1. The topological polar surface area (TPSA) is 55.6 Å². The highest BCUT2D eigenvalue weighted by atomic mass is 16.5. The van der Waals surface area contributed by atoms with Gasteiger partial charge in [0.25, 0.3) is 0 Å². The molecule has 0 aromatic carbocycles. The predicted octanol–water partition coefficient (Wildman–Crippen LogP) is 0.999. The lowest BCUT2D eigenvalue weighted by molar-refractivity contribution is -0.150. The Morgan fingerprint density at radius 3 is 2.75 bits per heavy atom. The average molecular weight is 228 g/mol. The fourth-order valence-electron chi connectivity index (χ4n) is 1.99. The first-order valence-electron chi connectivity index (χ1n) is 6.18. The summed E-state index contributed by atoms with van der Waals surface area (Å²) in [6, 6.07) is 0.221. The van der Waals surface area contributed by atoms with Gasteiger partial charge < -0.3 is 15.4 Å². The van der Waals surface area contributed by atoms with Gasteiger partial charge in [0.2, 0.25) is 5.91 Å². The minimum Gasteiger partial charge on any atom is -0.377 e. The van der Waals surface area contributed by atoms with Gasteiger partial charge in [0.05, 0.1) is 24.7 Å². The number of hydrogen-bond acceptors (Lipinski definition) is 3. The van der Waals surface area contributed by atoms with Gasteiger partial charge in [0.1, 0.15) is 0 Å². The van der Waals surface area contributed by atoms with Crippen molar-refractivity contribution in [3.8, 4) is 0 Å². The second kappa shape index (κ2) is 5.64. The van der Waals surface area contributed by atoms with Crippen molar-refractivity contribution in [2.24, 2.45) is 11.1 Å². The van der Waals surface area contributed by atoms with Gasteiger partial charge in [-0.15, -0.1) is 0 Å². The van der Waals surface area contributed by atoms with E-state index in [9.17, 15) is 4.79 Å². The SMILES string of the molecule is CCC1COCCN1C(=O)C(C)(CC)CN. The van der Waals surface area contributed by atoms with Gasteiger partial charge in [-0.3, -0.25) is 4.79 Å².